The van der Waals surface area contributed by atoms with Crippen molar-refractivity contribution >= 4 is 5.78 Å². The van der Waals surface area contributed by atoms with Gasteiger partial charge in [0.2, 0.25) is 0 Å². The van der Waals surface area contributed by atoms with Crippen molar-refractivity contribution in [3.63, 3.8) is 0 Å². The molecule has 3 atom stereocenters. The lowest BCUT2D eigenvalue weighted by Crippen LogP contribution is -2.29. The van der Waals surface area contributed by atoms with E-state index in [1.165, 1.54) is 0 Å². The Morgan fingerprint density at radius 3 is 2.86 bits per heavy atom. The average molecular weight is 192 g/mol. The van der Waals surface area contributed by atoms with E-state index in [2.05, 4.69) is 26.0 Å². The Labute approximate surface area is 86.9 Å². The minimum Gasteiger partial charge on any atom is -0.295 e. The largest absolute Gasteiger partial charge is 0.295 e. The summed E-state index contributed by atoms with van der Waals surface area (Å²) in [6.45, 7) is 6.24. The van der Waals surface area contributed by atoms with Crippen LogP contribution >= 0.6 is 0 Å². The lowest BCUT2D eigenvalue weighted by molar-refractivity contribution is -0.121. The molecule has 14 heavy (non-hydrogen) atoms. The van der Waals surface area contributed by atoms with Gasteiger partial charge in [0.05, 0.1) is 0 Å². The Balaban J connectivity index is 2.81. The zero-order valence-corrected chi connectivity index (χ0v) is 9.36. The smallest absolute Gasteiger partial charge is 0.159 e. The lowest BCUT2D eigenvalue weighted by Gasteiger charge is -2.30. The van der Waals surface area contributed by atoms with E-state index in [4.69, 9.17) is 0 Å². The lowest BCUT2D eigenvalue weighted by atomic mass is 9.73. The maximum absolute atomic E-state index is 11.9. The van der Waals surface area contributed by atoms with Crippen molar-refractivity contribution in [2.45, 2.75) is 33.6 Å². The number of carbonyl (C=O) groups is 1. The third-order valence-electron chi connectivity index (χ3n) is 3.10. The Hall–Kier alpha value is -0.850. The van der Waals surface area contributed by atoms with Crippen LogP contribution in [-0.4, -0.2) is 5.78 Å². The summed E-state index contributed by atoms with van der Waals surface area (Å²) < 4.78 is 0. The van der Waals surface area contributed by atoms with E-state index >= 15 is 0 Å². The van der Waals surface area contributed by atoms with Gasteiger partial charge in [-0.3, -0.25) is 4.79 Å². The van der Waals surface area contributed by atoms with E-state index in [0.29, 0.717) is 17.6 Å². The fourth-order valence-corrected chi connectivity index (χ4v) is 2.31. The normalized spacial score (nSPS) is 32.4. The van der Waals surface area contributed by atoms with Gasteiger partial charge in [-0.05, 0) is 37.7 Å². The maximum atomic E-state index is 11.9. The highest BCUT2D eigenvalue weighted by Crippen LogP contribution is 2.32. The molecule has 0 N–H and O–H groups in total. The van der Waals surface area contributed by atoms with Gasteiger partial charge in [-0.2, -0.15) is 0 Å². The van der Waals surface area contributed by atoms with Gasteiger partial charge in [0, 0.05) is 5.92 Å². The van der Waals surface area contributed by atoms with Crippen LogP contribution in [0.3, 0.4) is 0 Å². The Kier molecular flexibility index (Phi) is 4.12. The van der Waals surface area contributed by atoms with Gasteiger partial charge in [-0.1, -0.05) is 32.1 Å². The molecule has 78 valence electrons. The summed E-state index contributed by atoms with van der Waals surface area (Å²) in [6, 6.07) is 0. The van der Waals surface area contributed by atoms with Gasteiger partial charge in [0.1, 0.15) is 0 Å². The van der Waals surface area contributed by atoms with Crippen molar-refractivity contribution in [2.75, 3.05) is 0 Å². The number of rotatable bonds is 3. The molecule has 1 aliphatic rings. The summed E-state index contributed by atoms with van der Waals surface area (Å²) >= 11 is 0. The predicted molar refractivity (Wildman–Crippen MR) is 60.0 cm³/mol. The van der Waals surface area contributed by atoms with Crippen LogP contribution in [0.4, 0.5) is 0 Å². The third-order valence-corrected chi connectivity index (χ3v) is 3.10. The zero-order chi connectivity index (χ0) is 10.6. The van der Waals surface area contributed by atoms with Crippen molar-refractivity contribution in [2.24, 2.45) is 17.8 Å². The van der Waals surface area contributed by atoms with Gasteiger partial charge in [-0.25, -0.2) is 0 Å². The van der Waals surface area contributed by atoms with Crippen LogP contribution in [0, 0.1) is 17.8 Å². The molecule has 0 fully saturated rings. The molecule has 0 aliphatic heterocycles. The zero-order valence-electron chi connectivity index (χ0n) is 9.36. The number of ketones is 1. The molecular formula is C13H20O. The van der Waals surface area contributed by atoms with Crippen molar-refractivity contribution < 1.29 is 4.79 Å². The van der Waals surface area contributed by atoms with Crippen molar-refractivity contribution in [3.8, 4) is 0 Å². The molecule has 0 saturated carbocycles. The van der Waals surface area contributed by atoms with Crippen LogP contribution in [0.5, 0.6) is 0 Å². The number of hydrogen-bond acceptors (Lipinski definition) is 1. The molecule has 0 bridgehead atoms. The van der Waals surface area contributed by atoms with Crippen LogP contribution in [0.15, 0.2) is 24.3 Å². The first-order valence-corrected chi connectivity index (χ1v) is 5.53. The summed E-state index contributed by atoms with van der Waals surface area (Å²) in [4.78, 5) is 11.9. The fraction of sp³-hybridized carbons (Fsp3) is 0.615. The number of carbonyl (C=O) groups excluding carboxylic acids is 1. The maximum Gasteiger partial charge on any atom is 0.159 e. The fourth-order valence-electron chi connectivity index (χ4n) is 2.31. The molecule has 0 aromatic heterocycles. The molecule has 0 saturated heterocycles. The van der Waals surface area contributed by atoms with Crippen LogP contribution in [0.2, 0.25) is 0 Å². The van der Waals surface area contributed by atoms with E-state index in [9.17, 15) is 4.79 Å². The Morgan fingerprint density at radius 1 is 1.57 bits per heavy atom. The Bertz CT molecular complexity index is 250. The highest BCUT2D eigenvalue weighted by Gasteiger charge is 2.30. The van der Waals surface area contributed by atoms with Gasteiger partial charge >= 0.3 is 0 Å². The summed E-state index contributed by atoms with van der Waals surface area (Å²) in [6.07, 6.45) is 10.1. The van der Waals surface area contributed by atoms with E-state index in [-0.39, 0.29) is 5.92 Å². The van der Waals surface area contributed by atoms with E-state index in [0.717, 1.165) is 12.8 Å². The molecule has 0 aromatic carbocycles. The topological polar surface area (TPSA) is 17.1 Å². The second-order valence-corrected chi connectivity index (χ2v) is 4.14. The molecule has 3 unspecified atom stereocenters. The van der Waals surface area contributed by atoms with Gasteiger partial charge in [-0.15, -0.1) is 0 Å². The van der Waals surface area contributed by atoms with Crippen LogP contribution < -0.4 is 0 Å². The quantitative estimate of drug-likeness (QED) is 0.495. The molecule has 0 amide bonds. The van der Waals surface area contributed by atoms with Crippen molar-refractivity contribution in [1.29, 1.82) is 0 Å². The summed E-state index contributed by atoms with van der Waals surface area (Å²) in [5, 5.41) is 0. The molecule has 0 radical (unpaired) electrons. The molecule has 1 aliphatic carbocycles. The van der Waals surface area contributed by atoms with E-state index < -0.39 is 0 Å². The first-order valence-electron chi connectivity index (χ1n) is 5.53. The minimum absolute atomic E-state index is 0.209. The van der Waals surface area contributed by atoms with E-state index in [1.54, 1.807) is 6.08 Å². The average Bonchev–Trinajstić information content (AvgIpc) is 2.17. The highest BCUT2D eigenvalue weighted by molar-refractivity contribution is 5.92. The molecule has 1 heteroatoms. The standard InChI is InChI=1S/C13H20O/c1-4-7-12(14)13-10(3)8-6-9-11(13)5-2/h4,6-7,9-11,13H,5,8H2,1-3H3/b7-4+. The van der Waals surface area contributed by atoms with Crippen molar-refractivity contribution in [1.82, 2.24) is 0 Å². The van der Waals surface area contributed by atoms with Gasteiger partial charge in [0.15, 0.2) is 5.78 Å². The molecule has 1 nitrogen and oxygen atoms in total. The second-order valence-electron chi connectivity index (χ2n) is 4.14. The highest BCUT2D eigenvalue weighted by atomic mass is 16.1. The monoisotopic (exact) mass is 192 g/mol. The number of allylic oxidation sites excluding steroid dienone is 4. The summed E-state index contributed by atoms with van der Waals surface area (Å²) in [5.74, 6) is 1.45. The SMILES string of the molecule is C/C=C/C(=O)C1C(C)CC=CC1CC. The van der Waals surface area contributed by atoms with Crippen molar-refractivity contribution in [3.05, 3.63) is 24.3 Å². The van der Waals surface area contributed by atoms with Gasteiger partial charge in [0.25, 0.3) is 0 Å². The summed E-state index contributed by atoms with van der Waals surface area (Å²) in [5.41, 5.74) is 0. The molecule has 0 heterocycles. The predicted octanol–water partition coefficient (Wildman–Crippen LogP) is 3.37. The summed E-state index contributed by atoms with van der Waals surface area (Å²) in [7, 11) is 0. The Morgan fingerprint density at radius 2 is 2.29 bits per heavy atom. The van der Waals surface area contributed by atoms with Gasteiger partial charge < -0.3 is 0 Å². The minimum atomic E-state index is 0.209. The second kappa shape index (κ2) is 5.14. The molecular weight excluding hydrogens is 172 g/mol. The van der Waals surface area contributed by atoms with Crippen LogP contribution in [-0.2, 0) is 4.79 Å². The van der Waals surface area contributed by atoms with E-state index in [1.807, 2.05) is 13.0 Å². The first kappa shape index (κ1) is 11.2. The first-order chi connectivity index (χ1) is 6.70. The third kappa shape index (κ3) is 2.34. The molecule has 0 spiro atoms. The molecule has 0 aromatic rings. The van der Waals surface area contributed by atoms with Crippen LogP contribution in [0.25, 0.3) is 0 Å². The number of hydrogen-bond donors (Lipinski definition) is 0. The van der Waals surface area contributed by atoms with Crippen LogP contribution in [0.1, 0.15) is 33.6 Å². The molecule has 1 rings (SSSR count).